The maximum absolute atomic E-state index is 9.00. The van der Waals surface area contributed by atoms with Crippen molar-refractivity contribution >= 4 is 17.9 Å². The van der Waals surface area contributed by atoms with Crippen LogP contribution in [-0.2, 0) is 33.9 Å². The number of carboxylic acids is 3. The normalized spacial score (nSPS) is 5.36. The van der Waals surface area contributed by atoms with Crippen LogP contribution in [0.4, 0.5) is 0 Å². The van der Waals surface area contributed by atoms with Crippen LogP contribution in [0, 0.1) is 0 Å². The third-order valence-corrected chi connectivity index (χ3v) is 0. The minimum atomic E-state index is -1.08. The number of carbonyl (C=O) groups is 3. The number of rotatable bonds is 0. The molecular formula is C6H13NO6Zn. The van der Waals surface area contributed by atoms with Gasteiger partial charge in [-0.15, -0.1) is 0 Å². The van der Waals surface area contributed by atoms with Crippen molar-refractivity contribution in [2.45, 2.75) is 20.8 Å². The number of aliphatic carboxylic acids is 3. The molecule has 7 nitrogen and oxygen atoms in total. The van der Waals surface area contributed by atoms with E-state index in [4.69, 9.17) is 29.7 Å². The molecule has 0 aliphatic rings. The Morgan fingerprint density at radius 2 is 0.929 bits per heavy atom. The van der Waals surface area contributed by atoms with Crippen molar-refractivity contribution in [1.82, 2.24) is 6.15 Å². The zero-order valence-corrected chi connectivity index (χ0v) is 11.4. The van der Waals surface area contributed by atoms with E-state index in [2.05, 4.69) is 0 Å². The van der Waals surface area contributed by atoms with Gasteiger partial charge in [-0.05, 0) is 13.8 Å². The summed E-state index contributed by atoms with van der Waals surface area (Å²) < 4.78 is 0. The van der Waals surface area contributed by atoms with E-state index in [1.54, 1.807) is 0 Å². The maximum atomic E-state index is 9.00. The first-order chi connectivity index (χ1) is 5.20. The molecule has 4 N–H and O–H groups in total. The van der Waals surface area contributed by atoms with Crippen molar-refractivity contribution in [2.75, 3.05) is 0 Å². The second-order valence-electron chi connectivity index (χ2n) is 1.50. The van der Waals surface area contributed by atoms with Crippen LogP contribution in [0.15, 0.2) is 0 Å². The molecule has 14 heavy (non-hydrogen) atoms. The van der Waals surface area contributed by atoms with Crippen LogP contribution < -0.4 is 16.4 Å². The van der Waals surface area contributed by atoms with E-state index in [1.165, 1.54) is 0 Å². The van der Waals surface area contributed by atoms with E-state index in [9.17, 15) is 0 Å². The zero-order chi connectivity index (χ0) is 10.7. The largest absolute Gasteiger partial charge is 2.00 e. The van der Waals surface area contributed by atoms with E-state index in [0.29, 0.717) is 0 Å². The first kappa shape index (κ1) is 29.3. The number of carboxylic acid groups (broad SMARTS) is 3. The molecule has 0 bridgehead atoms. The summed E-state index contributed by atoms with van der Waals surface area (Å²) in [5, 5.41) is 25.2. The van der Waals surface area contributed by atoms with Crippen molar-refractivity contribution in [3.05, 3.63) is 0 Å². The summed E-state index contributed by atoms with van der Waals surface area (Å²) >= 11 is 0. The molecule has 8 heteroatoms. The topological polar surface area (TPSA) is 153 Å². The van der Waals surface area contributed by atoms with Gasteiger partial charge >= 0.3 is 19.5 Å². The number of carbonyl (C=O) groups excluding carboxylic acids is 2. The Balaban J connectivity index is -0.0000000270. The molecule has 0 aromatic carbocycles. The molecule has 0 aromatic heterocycles. The smallest absolute Gasteiger partial charge is 0.550 e. The summed E-state index contributed by atoms with van der Waals surface area (Å²) in [6, 6.07) is 0. The van der Waals surface area contributed by atoms with Crippen LogP contribution in [0.2, 0.25) is 0 Å². The van der Waals surface area contributed by atoms with Crippen LogP contribution in [0.1, 0.15) is 20.8 Å². The van der Waals surface area contributed by atoms with Gasteiger partial charge < -0.3 is 31.1 Å². The molecule has 0 aromatic rings. The standard InChI is InChI=1S/3C2H4O2.H3N.Zn/c3*1-2(3)4;;/h3*1H3,(H,3,4);1H3;/q;;;;+2/p-2. The summed E-state index contributed by atoms with van der Waals surface area (Å²) in [6.07, 6.45) is 0. The molecule has 0 saturated carbocycles. The summed E-state index contributed by atoms with van der Waals surface area (Å²) in [4.78, 5) is 26.8. The summed E-state index contributed by atoms with van der Waals surface area (Å²) in [5.41, 5.74) is 0. The van der Waals surface area contributed by atoms with Crippen LogP contribution in [0.25, 0.3) is 0 Å². The Morgan fingerprint density at radius 1 is 0.929 bits per heavy atom. The van der Waals surface area contributed by atoms with E-state index in [-0.39, 0.29) is 25.6 Å². The molecule has 0 aliphatic heterocycles. The minimum absolute atomic E-state index is 0. The van der Waals surface area contributed by atoms with E-state index < -0.39 is 17.9 Å². The first-order valence-electron chi connectivity index (χ1n) is 2.74. The predicted molar refractivity (Wildman–Crippen MR) is 39.7 cm³/mol. The Morgan fingerprint density at radius 3 is 0.929 bits per heavy atom. The van der Waals surface area contributed by atoms with Gasteiger partial charge in [0.1, 0.15) is 0 Å². The molecule has 0 saturated heterocycles. The molecule has 80 valence electrons. The summed E-state index contributed by atoms with van der Waals surface area (Å²) in [7, 11) is 0. The van der Waals surface area contributed by atoms with Crippen LogP contribution in [-0.4, -0.2) is 23.0 Å². The quantitative estimate of drug-likeness (QED) is 0.467. The minimum Gasteiger partial charge on any atom is -0.550 e. The maximum Gasteiger partial charge on any atom is 2.00 e. The Bertz CT molecular complexity index is 120. The van der Waals surface area contributed by atoms with Gasteiger partial charge in [0.05, 0.1) is 0 Å². The zero-order valence-electron chi connectivity index (χ0n) is 8.40. The van der Waals surface area contributed by atoms with Gasteiger partial charge in [0.25, 0.3) is 5.97 Å². The average Bonchev–Trinajstić information content (AvgIpc) is 1.54. The SMILES string of the molecule is CC(=O)O.CC(=O)[O-].CC(=O)[O-].N.[Zn+2]. The molecule has 0 spiro atoms. The first-order valence-corrected chi connectivity index (χ1v) is 2.74. The Kier molecular flexibility index (Phi) is 47.4. The Labute approximate surface area is 94.5 Å². The van der Waals surface area contributed by atoms with Crippen molar-refractivity contribution in [1.29, 1.82) is 0 Å². The molecule has 0 atom stereocenters. The van der Waals surface area contributed by atoms with Crippen molar-refractivity contribution in [3.8, 4) is 0 Å². The summed E-state index contributed by atoms with van der Waals surface area (Å²) in [5.74, 6) is -3.00. The van der Waals surface area contributed by atoms with Crippen LogP contribution in [0.3, 0.4) is 0 Å². The molecule has 0 aliphatic carbocycles. The second kappa shape index (κ2) is 22.7. The van der Waals surface area contributed by atoms with Gasteiger partial charge in [-0.1, -0.05) is 0 Å². The molecule has 0 heterocycles. The van der Waals surface area contributed by atoms with Crippen LogP contribution >= 0.6 is 0 Å². The number of hydrogen-bond acceptors (Lipinski definition) is 6. The van der Waals surface area contributed by atoms with Gasteiger partial charge in [-0.3, -0.25) is 4.79 Å². The second-order valence-corrected chi connectivity index (χ2v) is 1.50. The van der Waals surface area contributed by atoms with Crippen LogP contribution in [0.5, 0.6) is 0 Å². The fraction of sp³-hybridized carbons (Fsp3) is 0.500. The molecular weight excluding hydrogens is 247 g/mol. The molecule has 0 rings (SSSR count). The van der Waals surface area contributed by atoms with E-state index >= 15 is 0 Å². The predicted octanol–water partition coefficient (Wildman–Crippen LogP) is -2.24. The van der Waals surface area contributed by atoms with Crippen molar-refractivity contribution in [2.24, 2.45) is 0 Å². The van der Waals surface area contributed by atoms with E-state index in [0.717, 1.165) is 20.8 Å². The number of hydrogen-bond donors (Lipinski definition) is 2. The van der Waals surface area contributed by atoms with Crippen molar-refractivity contribution in [3.63, 3.8) is 0 Å². The molecule has 0 radical (unpaired) electrons. The molecule has 0 amide bonds. The van der Waals surface area contributed by atoms with Gasteiger partial charge in [0, 0.05) is 18.9 Å². The van der Waals surface area contributed by atoms with E-state index in [1.807, 2.05) is 0 Å². The van der Waals surface area contributed by atoms with Gasteiger partial charge in [0.2, 0.25) is 0 Å². The van der Waals surface area contributed by atoms with Crippen molar-refractivity contribution < 1.29 is 49.2 Å². The van der Waals surface area contributed by atoms with Gasteiger partial charge in [0.15, 0.2) is 0 Å². The van der Waals surface area contributed by atoms with Gasteiger partial charge in [-0.2, -0.15) is 0 Å². The third-order valence-electron chi connectivity index (χ3n) is 0. The Hall–Kier alpha value is -1.01. The third kappa shape index (κ3) is 1080. The molecule has 0 fully saturated rings. The average molecular weight is 261 g/mol. The summed E-state index contributed by atoms with van der Waals surface area (Å²) in [6.45, 7) is 3.03. The monoisotopic (exact) mass is 259 g/mol. The fourth-order valence-corrected chi connectivity index (χ4v) is 0. The molecule has 0 unspecified atom stereocenters. The van der Waals surface area contributed by atoms with Gasteiger partial charge in [-0.25, -0.2) is 0 Å². The fourth-order valence-electron chi connectivity index (χ4n) is 0.